The number of piperidine rings is 1. The molecule has 1 aromatic carbocycles. The molecule has 1 spiro atoms. The lowest BCUT2D eigenvalue weighted by molar-refractivity contribution is -0.134. The van der Waals surface area contributed by atoms with Crippen molar-refractivity contribution in [2.45, 2.75) is 18.4 Å². The highest BCUT2D eigenvalue weighted by Gasteiger charge is 2.55. The molecule has 0 radical (unpaired) electrons. The number of carbonyl (C=O) groups is 3. The number of imide groups is 1. The van der Waals surface area contributed by atoms with Crippen LogP contribution in [0.15, 0.2) is 18.2 Å². The van der Waals surface area contributed by atoms with Crippen LogP contribution in [-0.4, -0.2) is 80.8 Å². The number of nitrogens with one attached hydrogen (secondary N) is 2. The van der Waals surface area contributed by atoms with E-state index in [0.29, 0.717) is 42.7 Å². The molecule has 0 saturated carbocycles. The van der Waals surface area contributed by atoms with E-state index in [9.17, 15) is 14.4 Å². The quantitative estimate of drug-likeness (QED) is 0.734. The highest BCUT2D eigenvalue weighted by Crippen LogP contribution is 2.35. The molecule has 2 aliphatic rings. The van der Waals surface area contributed by atoms with Crippen molar-refractivity contribution in [3.8, 4) is 0 Å². The van der Waals surface area contributed by atoms with E-state index in [0.717, 1.165) is 4.90 Å². The third-order valence-corrected chi connectivity index (χ3v) is 5.39. The van der Waals surface area contributed by atoms with E-state index in [1.807, 2.05) is 0 Å². The third kappa shape index (κ3) is 2.21. The Morgan fingerprint density at radius 1 is 1.19 bits per heavy atom. The van der Waals surface area contributed by atoms with Crippen molar-refractivity contribution < 1.29 is 14.4 Å². The molecule has 0 atom stereocenters. The number of carbonyl (C=O) groups excluding carboxylic acids is 3. The van der Waals surface area contributed by atoms with Gasteiger partial charge in [0.1, 0.15) is 16.6 Å². The van der Waals surface area contributed by atoms with Crippen LogP contribution in [0.5, 0.6) is 0 Å². The topological polar surface area (TPSA) is 115 Å². The van der Waals surface area contributed by atoms with Gasteiger partial charge in [0.2, 0.25) is 0 Å². The lowest BCUT2D eigenvalue weighted by Gasteiger charge is -2.40. The van der Waals surface area contributed by atoms with E-state index >= 15 is 0 Å². The number of urea groups is 2. The monoisotopic (exact) mass is 357 g/mol. The number of aromatic nitrogens is 3. The summed E-state index contributed by atoms with van der Waals surface area (Å²) in [4.78, 5) is 41.5. The first-order valence-corrected chi connectivity index (χ1v) is 8.35. The van der Waals surface area contributed by atoms with Gasteiger partial charge in [-0.15, -0.1) is 0 Å². The molecule has 0 aliphatic carbocycles. The zero-order valence-electron chi connectivity index (χ0n) is 14.5. The van der Waals surface area contributed by atoms with E-state index in [1.54, 1.807) is 30.1 Å². The number of amides is 5. The van der Waals surface area contributed by atoms with Gasteiger partial charge in [0.25, 0.3) is 5.91 Å². The fraction of sp³-hybridized carbons (Fsp3) is 0.438. The first-order chi connectivity index (χ1) is 12.4. The van der Waals surface area contributed by atoms with E-state index in [-0.39, 0.29) is 18.0 Å². The molecule has 136 valence electrons. The first-order valence-electron chi connectivity index (χ1n) is 8.35. The predicted molar refractivity (Wildman–Crippen MR) is 92.4 cm³/mol. The smallest absolute Gasteiger partial charge is 0.324 e. The third-order valence-electron chi connectivity index (χ3n) is 5.39. The number of aromatic amines is 1. The number of likely N-dealkylation sites (N-methyl/N-ethyl adjacent to an activating group) is 2. The van der Waals surface area contributed by atoms with Crippen molar-refractivity contribution in [3.63, 3.8) is 0 Å². The number of likely N-dealkylation sites (tertiary alicyclic amines) is 1. The van der Waals surface area contributed by atoms with Crippen LogP contribution in [0.3, 0.4) is 0 Å². The second kappa shape index (κ2) is 5.68. The van der Waals surface area contributed by atoms with Crippen molar-refractivity contribution in [2.75, 3.05) is 32.5 Å². The summed E-state index contributed by atoms with van der Waals surface area (Å²) >= 11 is 0. The minimum Gasteiger partial charge on any atom is -0.324 e. The van der Waals surface area contributed by atoms with Crippen LogP contribution in [0.25, 0.3) is 11.0 Å². The summed E-state index contributed by atoms with van der Waals surface area (Å²) in [6.45, 7) is 0.773. The van der Waals surface area contributed by atoms with Gasteiger partial charge in [-0.1, -0.05) is 6.07 Å². The molecular weight excluding hydrogens is 338 g/mol. The molecule has 3 heterocycles. The van der Waals surface area contributed by atoms with Crippen molar-refractivity contribution in [3.05, 3.63) is 18.2 Å². The molecule has 1 aromatic heterocycles. The molecule has 0 unspecified atom stereocenters. The van der Waals surface area contributed by atoms with E-state index < -0.39 is 5.54 Å². The zero-order valence-corrected chi connectivity index (χ0v) is 14.5. The van der Waals surface area contributed by atoms with Crippen LogP contribution in [0, 0.1) is 0 Å². The molecule has 2 fully saturated rings. The second-order valence-corrected chi connectivity index (χ2v) is 6.65. The molecule has 2 aliphatic heterocycles. The number of para-hydroxylation sites is 1. The Labute approximate surface area is 149 Å². The van der Waals surface area contributed by atoms with Gasteiger partial charge in [-0.25, -0.2) is 9.59 Å². The van der Waals surface area contributed by atoms with Crippen LogP contribution < -0.4 is 5.32 Å². The minimum atomic E-state index is -0.839. The lowest BCUT2D eigenvalue weighted by atomic mass is 9.86. The maximum Gasteiger partial charge on any atom is 0.327 e. The van der Waals surface area contributed by atoms with Crippen molar-refractivity contribution in [1.82, 2.24) is 30.1 Å². The molecule has 4 rings (SSSR count). The molecule has 2 N–H and O–H groups in total. The summed E-state index contributed by atoms with van der Waals surface area (Å²) in [5, 5.41) is 13.4. The average molecular weight is 357 g/mol. The Bertz CT molecular complexity index is 900. The first kappa shape index (κ1) is 16.3. The average Bonchev–Trinajstić information content (AvgIpc) is 3.19. The van der Waals surface area contributed by atoms with Gasteiger partial charge in [0.05, 0.1) is 5.69 Å². The number of anilines is 1. The summed E-state index contributed by atoms with van der Waals surface area (Å²) in [6.07, 6.45) is 0.833. The number of rotatable bonds is 1. The van der Waals surface area contributed by atoms with E-state index in [2.05, 4.69) is 20.7 Å². The van der Waals surface area contributed by atoms with Gasteiger partial charge in [-0.3, -0.25) is 9.69 Å². The SMILES string of the molecule is CN1C(=O)N(C)C2(CCN(C(=O)Nc3cccc4n[nH]nc34)CC2)C1=O. The summed E-state index contributed by atoms with van der Waals surface area (Å²) in [6, 6.07) is 4.79. The van der Waals surface area contributed by atoms with Gasteiger partial charge in [0, 0.05) is 27.2 Å². The number of H-pyrrole nitrogens is 1. The molecule has 0 bridgehead atoms. The predicted octanol–water partition coefficient (Wildman–Crippen LogP) is 0.848. The van der Waals surface area contributed by atoms with Gasteiger partial charge in [-0.2, -0.15) is 15.4 Å². The summed E-state index contributed by atoms with van der Waals surface area (Å²) in [7, 11) is 3.14. The van der Waals surface area contributed by atoms with Crippen LogP contribution in [-0.2, 0) is 4.79 Å². The summed E-state index contributed by atoms with van der Waals surface area (Å²) < 4.78 is 0. The Balaban J connectivity index is 1.47. The number of hydrogen-bond acceptors (Lipinski definition) is 5. The summed E-state index contributed by atoms with van der Waals surface area (Å²) in [5.74, 6) is -0.197. The lowest BCUT2D eigenvalue weighted by Crippen LogP contribution is -2.56. The van der Waals surface area contributed by atoms with Crippen LogP contribution in [0.1, 0.15) is 12.8 Å². The van der Waals surface area contributed by atoms with Crippen LogP contribution >= 0.6 is 0 Å². The molecule has 2 aromatic rings. The van der Waals surface area contributed by atoms with Crippen molar-refractivity contribution in [2.24, 2.45) is 0 Å². The normalized spacial score (nSPS) is 19.7. The maximum atomic E-state index is 12.6. The summed E-state index contributed by atoms with van der Waals surface area (Å²) in [5.41, 5.74) is 0.993. The molecular formula is C16H19N7O3. The van der Waals surface area contributed by atoms with E-state index in [1.165, 1.54) is 11.9 Å². The Hall–Kier alpha value is -3.17. The second-order valence-electron chi connectivity index (χ2n) is 6.65. The number of hydrogen-bond donors (Lipinski definition) is 2. The van der Waals surface area contributed by atoms with Gasteiger partial charge in [-0.05, 0) is 25.0 Å². The molecule has 26 heavy (non-hydrogen) atoms. The Morgan fingerprint density at radius 3 is 2.58 bits per heavy atom. The molecule has 2 saturated heterocycles. The molecule has 10 heteroatoms. The van der Waals surface area contributed by atoms with E-state index in [4.69, 9.17) is 0 Å². The van der Waals surface area contributed by atoms with Crippen LogP contribution in [0.4, 0.5) is 15.3 Å². The van der Waals surface area contributed by atoms with Crippen molar-refractivity contribution in [1.29, 1.82) is 0 Å². The van der Waals surface area contributed by atoms with Gasteiger partial charge in [0.15, 0.2) is 0 Å². The van der Waals surface area contributed by atoms with Crippen molar-refractivity contribution >= 4 is 34.7 Å². The number of benzene rings is 1. The Kier molecular flexibility index (Phi) is 3.56. The Morgan fingerprint density at radius 2 is 1.92 bits per heavy atom. The standard InChI is InChI=1S/C16H19N7O3/c1-21-13(24)16(22(2)15(21)26)6-8-23(9-7-16)14(25)17-10-4-3-5-11-12(10)19-20-18-11/h3-5H,6-9H2,1-2H3,(H,17,25)(H,18,19,20). The highest BCUT2D eigenvalue weighted by molar-refractivity contribution is 6.07. The number of fused-ring (bicyclic) bond motifs is 1. The minimum absolute atomic E-state index is 0.197. The largest absolute Gasteiger partial charge is 0.327 e. The molecule has 10 nitrogen and oxygen atoms in total. The number of nitrogens with zero attached hydrogens (tertiary/aromatic N) is 5. The maximum absolute atomic E-state index is 12.6. The fourth-order valence-electron chi connectivity index (χ4n) is 3.74. The highest BCUT2D eigenvalue weighted by atomic mass is 16.2. The van der Waals surface area contributed by atoms with Gasteiger partial charge < -0.3 is 15.1 Å². The van der Waals surface area contributed by atoms with Gasteiger partial charge >= 0.3 is 12.1 Å². The fourth-order valence-corrected chi connectivity index (χ4v) is 3.74. The van der Waals surface area contributed by atoms with Crippen LogP contribution in [0.2, 0.25) is 0 Å². The zero-order chi connectivity index (χ0) is 18.5. The molecule has 5 amide bonds.